The summed E-state index contributed by atoms with van der Waals surface area (Å²) in [6, 6.07) is 0. The number of carbonyl (C=O) groups is 3. The molecule has 0 saturated carbocycles. The van der Waals surface area contributed by atoms with E-state index >= 15 is 0 Å². The molecule has 6 nitrogen and oxygen atoms in total. The summed E-state index contributed by atoms with van der Waals surface area (Å²) in [6.45, 7) is 6.49. The second-order valence-corrected chi connectivity index (χ2v) is 23.1. The van der Waals surface area contributed by atoms with E-state index in [1.165, 1.54) is 199 Å². The highest BCUT2D eigenvalue weighted by Gasteiger charge is 2.19. The van der Waals surface area contributed by atoms with Crippen molar-refractivity contribution in [1.29, 1.82) is 0 Å². The molecule has 0 radical (unpaired) electrons. The van der Waals surface area contributed by atoms with Crippen molar-refractivity contribution < 1.29 is 28.6 Å². The number of unbranched alkanes of at least 4 members (excludes halogenated alkanes) is 34. The summed E-state index contributed by atoms with van der Waals surface area (Å²) in [5.74, 6) is -0.979. The molecule has 0 aromatic heterocycles. The van der Waals surface area contributed by atoms with Crippen LogP contribution in [-0.2, 0) is 28.6 Å². The van der Waals surface area contributed by atoms with Crippen LogP contribution >= 0.6 is 0 Å². The Morgan fingerprint density at radius 2 is 0.500 bits per heavy atom. The topological polar surface area (TPSA) is 78.9 Å². The van der Waals surface area contributed by atoms with Gasteiger partial charge < -0.3 is 14.2 Å². The van der Waals surface area contributed by atoms with Crippen molar-refractivity contribution in [3.05, 3.63) is 109 Å². The Morgan fingerprint density at radius 1 is 0.256 bits per heavy atom. The zero-order chi connectivity index (χ0) is 59.2. The molecule has 0 heterocycles. The minimum absolute atomic E-state index is 0.106. The zero-order valence-electron chi connectivity index (χ0n) is 54.0. The van der Waals surface area contributed by atoms with Gasteiger partial charge in [-0.2, -0.15) is 0 Å². The van der Waals surface area contributed by atoms with Crippen molar-refractivity contribution in [1.82, 2.24) is 0 Å². The quantitative estimate of drug-likeness (QED) is 0.0261. The van der Waals surface area contributed by atoms with Crippen LogP contribution in [0.2, 0.25) is 0 Å². The summed E-state index contributed by atoms with van der Waals surface area (Å²) in [4.78, 5) is 38.4. The van der Waals surface area contributed by atoms with E-state index < -0.39 is 6.10 Å². The lowest BCUT2D eigenvalue weighted by atomic mass is 10.0. The van der Waals surface area contributed by atoms with Crippen molar-refractivity contribution in [2.75, 3.05) is 13.2 Å². The van der Waals surface area contributed by atoms with Gasteiger partial charge in [0.1, 0.15) is 13.2 Å². The van der Waals surface area contributed by atoms with Crippen LogP contribution < -0.4 is 0 Å². The Morgan fingerprint density at radius 3 is 0.793 bits per heavy atom. The van der Waals surface area contributed by atoms with Gasteiger partial charge in [-0.05, 0) is 96.3 Å². The van der Waals surface area contributed by atoms with Crippen molar-refractivity contribution in [2.24, 2.45) is 0 Å². The molecule has 470 valence electrons. The third kappa shape index (κ3) is 66.9. The van der Waals surface area contributed by atoms with E-state index in [0.29, 0.717) is 19.3 Å². The predicted molar refractivity (Wildman–Crippen MR) is 357 cm³/mol. The summed E-state index contributed by atoms with van der Waals surface area (Å²) in [5.41, 5.74) is 0. The Kier molecular flexibility index (Phi) is 66.2. The van der Waals surface area contributed by atoms with E-state index in [0.717, 1.165) is 89.9 Å². The number of ether oxygens (including phenoxy) is 3. The third-order valence-electron chi connectivity index (χ3n) is 15.0. The first-order chi connectivity index (χ1) is 40.5. The predicted octanol–water partition coefficient (Wildman–Crippen LogP) is 24.2. The number of carbonyl (C=O) groups excluding carboxylic acids is 3. The first-order valence-corrected chi connectivity index (χ1v) is 34.9. The average molecular weight is 1140 g/mol. The fourth-order valence-corrected chi connectivity index (χ4v) is 9.83. The summed E-state index contributed by atoms with van der Waals surface area (Å²) in [5, 5.41) is 0. The highest BCUT2D eigenvalue weighted by atomic mass is 16.6. The second kappa shape index (κ2) is 69.6. The van der Waals surface area contributed by atoms with Gasteiger partial charge in [0, 0.05) is 19.3 Å². The maximum atomic E-state index is 12.9. The van der Waals surface area contributed by atoms with E-state index in [1.54, 1.807) is 0 Å². The fraction of sp³-hybridized carbons (Fsp3) is 0.724. The van der Waals surface area contributed by atoms with Crippen LogP contribution in [0.25, 0.3) is 0 Å². The molecule has 1 unspecified atom stereocenters. The maximum Gasteiger partial charge on any atom is 0.306 e. The van der Waals surface area contributed by atoms with Crippen LogP contribution in [0.15, 0.2) is 109 Å². The molecule has 0 aromatic carbocycles. The van der Waals surface area contributed by atoms with E-state index in [9.17, 15) is 14.4 Å². The lowest BCUT2D eigenvalue weighted by Crippen LogP contribution is -2.30. The minimum atomic E-state index is -0.821. The van der Waals surface area contributed by atoms with E-state index in [4.69, 9.17) is 14.2 Å². The highest BCUT2D eigenvalue weighted by Crippen LogP contribution is 2.17. The molecule has 0 N–H and O–H groups in total. The van der Waals surface area contributed by atoms with Gasteiger partial charge in [0.25, 0.3) is 0 Å². The van der Waals surface area contributed by atoms with Crippen LogP contribution in [0, 0.1) is 0 Å². The Balaban J connectivity index is 4.41. The number of hydrogen-bond donors (Lipinski definition) is 0. The summed E-state index contributed by atoms with van der Waals surface area (Å²) < 4.78 is 16.9. The maximum absolute atomic E-state index is 12.9. The first-order valence-electron chi connectivity index (χ1n) is 34.9. The van der Waals surface area contributed by atoms with Crippen molar-refractivity contribution in [2.45, 2.75) is 341 Å². The van der Waals surface area contributed by atoms with Crippen molar-refractivity contribution in [3.8, 4) is 0 Å². The summed E-state index contributed by atoms with van der Waals surface area (Å²) in [7, 11) is 0. The lowest BCUT2D eigenvalue weighted by Gasteiger charge is -2.18. The molecule has 0 fully saturated rings. The molecule has 0 aliphatic rings. The normalized spacial score (nSPS) is 12.8. The third-order valence-corrected chi connectivity index (χ3v) is 15.0. The van der Waals surface area contributed by atoms with Crippen LogP contribution in [0.5, 0.6) is 0 Å². The molecule has 0 rings (SSSR count). The summed E-state index contributed by atoms with van der Waals surface area (Å²) in [6.07, 6.45) is 95.5. The molecule has 0 amide bonds. The average Bonchev–Trinajstić information content (AvgIpc) is 3.47. The lowest BCUT2D eigenvalue weighted by molar-refractivity contribution is -0.166. The molecule has 0 spiro atoms. The fourth-order valence-electron chi connectivity index (χ4n) is 9.83. The number of hydrogen-bond acceptors (Lipinski definition) is 6. The highest BCUT2D eigenvalue weighted by molar-refractivity contribution is 5.71. The smallest absolute Gasteiger partial charge is 0.306 e. The van der Waals surface area contributed by atoms with Crippen molar-refractivity contribution >= 4 is 17.9 Å². The van der Waals surface area contributed by atoms with Gasteiger partial charge in [-0.1, -0.05) is 329 Å². The molecule has 0 bridgehead atoms. The molecule has 0 aromatic rings. The van der Waals surface area contributed by atoms with Crippen LogP contribution in [0.4, 0.5) is 0 Å². The zero-order valence-corrected chi connectivity index (χ0v) is 54.0. The molecule has 1 atom stereocenters. The molecule has 0 aliphatic heterocycles. The van der Waals surface area contributed by atoms with Gasteiger partial charge in [-0.15, -0.1) is 0 Å². The van der Waals surface area contributed by atoms with Gasteiger partial charge >= 0.3 is 17.9 Å². The van der Waals surface area contributed by atoms with Gasteiger partial charge in [-0.25, -0.2) is 0 Å². The Bertz CT molecular complexity index is 1640. The SMILES string of the molecule is CC/C=C\C/C=C\C/C=C\C/C=C\C/C=C\C/C=C\CCC(=O)OC(COC(=O)CCCCCCCCCCCCCC/C=C\C/C=C\C/C=C\CCCCCCC)COC(=O)CCCCCCCCCCCCCCCCCCCC. The second-order valence-electron chi connectivity index (χ2n) is 23.1. The largest absolute Gasteiger partial charge is 0.462 e. The molecule has 6 heteroatoms. The number of esters is 3. The first kappa shape index (κ1) is 78.1. The number of allylic oxidation sites excluding steroid dienone is 18. The molecule has 0 aliphatic carbocycles. The van der Waals surface area contributed by atoms with E-state index in [-0.39, 0.29) is 37.5 Å². The molecule has 0 saturated heterocycles. The van der Waals surface area contributed by atoms with Gasteiger partial charge in [0.2, 0.25) is 0 Å². The molecular weight excluding hydrogens is 1010 g/mol. The van der Waals surface area contributed by atoms with Crippen LogP contribution in [0.3, 0.4) is 0 Å². The van der Waals surface area contributed by atoms with Crippen LogP contribution in [-0.4, -0.2) is 37.2 Å². The van der Waals surface area contributed by atoms with Gasteiger partial charge in [0.05, 0.1) is 0 Å². The monoisotopic (exact) mass is 1140 g/mol. The Labute approximate surface area is 508 Å². The van der Waals surface area contributed by atoms with Crippen LogP contribution in [0.1, 0.15) is 335 Å². The van der Waals surface area contributed by atoms with Gasteiger partial charge in [-0.3, -0.25) is 14.4 Å². The molecular formula is C76H130O6. The number of rotatable bonds is 63. The molecule has 82 heavy (non-hydrogen) atoms. The summed E-state index contributed by atoms with van der Waals surface area (Å²) >= 11 is 0. The van der Waals surface area contributed by atoms with E-state index in [1.807, 2.05) is 6.08 Å². The van der Waals surface area contributed by atoms with Gasteiger partial charge in [0.15, 0.2) is 6.10 Å². The van der Waals surface area contributed by atoms with E-state index in [2.05, 4.69) is 124 Å². The standard InChI is InChI=1S/C76H130O6/c1-4-7-10-13-16-19-22-25-28-31-34-35-36-37-38-39-40-41-43-45-48-51-54-57-60-63-66-69-75(78)81-72-73(71-80-74(77)68-65-62-59-56-53-50-47-44-33-30-27-24-21-18-15-12-9-6-3)82-76(79)70-67-64-61-58-55-52-49-46-42-32-29-26-23-20-17-14-11-8-5-2/h8,11,17,20,22,25-26,29,31,34,36-37,42,46,52,55,61,64,73H,4-7,9-10,12-16,18-19,21,23-24,27-28,30,32-33,35,38-41,43-45,47-51,53-54,56-60,62-63,65-72H2,1-3H3/b11-8-,20-17-,25-22-,29-26-,34-31-,37-36-,46-42-,55-52-,64-61-. The Hall–Kier alpha value is -3.93. The minimum Gasteiger partial charge on any atom is -0.462 e. The van der Waals surface area contributed by atoms with Crippen molar-refractivity contribution in [3.63, 3.8) is 0 Å².